The molecule has 1 N–H and O–H groups in total. The fraction of sp³-hybridized carbons (Fsp3) is 0.176. The molecule has 2 aromatic carbocycles. The van der Waals surface area contributed by atoms with Crippen LogP contribution in [0.3, 0.4) is 0 Å². The van der Waals surface area contributed by atoms with Gasteiger partial charge in [-0.15, -0.1) is 0 Å². The van der Waals surface area contributed by atoms with Gasteiger partial charge < -0.3 is 14.6 Å². The molecule has 0 radical (unpaired) electrons. The van der Waals surface area contributed by atoms with Crippen molar-refractivity contribution in [3.05, 3.63) is 59.2 Å². The number of benzene rings is 2. The number of aromatic carboxylic acids is 1. The van der Waals surface area contributed by atoms with Crippen molar-refractivity contribution in [2.45, 2.75) is 13.5 Å². The molecule has 0 saturated heterocycles. The Morgan fingerprint density at radius 1 is 1.09 bits per heavy atom. The van der Waals surface area contributed by atoms with Crippen LogP contribution in [0, 0.1) is 0 Å². The van der Waals surface area contributed by atoms with Gasteiger partial charge in [-0.05, 0) is 31.2 Å². The van der Waals surface area contributed by atoms with Gasteiger partial charge in [-0.3, -0.25) is 4.79 Å². The van der Waals surface area contributed by atoms with E-state index in [-0.39, 0.29) is 23.5 Å². The fourth-order valence-electron chi connectivity index (χ4n) is 2.08. The zero-order valence-electron chi connectivity index (χ0n) is 12.3. The topological polar surface area (TPSA) is 72.8 Å². The summed E-state index contributed by atoms with van der Waals surface area (Å²) in [4.78, 5) is 22.6. The zero-order chi connectivity index (χ0) is 16.1. The van der Waals surface area contributed by atoms with E-state index in [9.17, 15) is 14.7 Å². The standard InChI is InChI=1S/C17H16O5/c1-11(18)14-8-7-13(9-15(14)17(19)20)22-10-12-5-3-4-6-16(12)21-2/h3-9H,10H2,1-2H3,(H,19,20). The minimum Gasteiger partial charge on any atom is -0.496 e. The van der Waals surface area contributed by atoms with Gasteiger partial charge in [-0.25, -0.2) is 4.79 Å². The molecular formula is C17H16O5. The number of ether oxygens (including phenoxy) is 2. The Bertz CT molecular complexity index is 706. The highest BCUT2D eigenvalue weighted by Crippen LogP contribution is 2.22. The second-order valence-corrected chi connectivity index (χ2v) is 4.67. The maximum absolute atomic E-state index is 11.4. The predicted molar refractivity (Wildman–Crippen MR) is 80.7 cm³/mol. The van der Waals surface area contributed by atoms with E-state index >= 15 is 0 Å². The lowest BCUT2D eigenvalue weighted by atomic mass is 10.0. The number of para-hydroxylation sites is 1. The van der Waals surface area contributed by atoms with Crippen molar-refractivity contribution in [2.24, 2.45) is 0 Å². The van der Waals surface area contributed by atoms with E-state index < -0.39 is 5.97 Å². The van der Waals surface area contributed by atoms with Gasteiger partial charge in [0.05, 0.1) is 12.7 Å². The lowest BCUT2D eigenvalue weighted by Gasteiger charge is -2.11. The zero-order valence-corrected chi connectivity index (χ0v) is 12.3. The second kappa shape index (κ2) is 6.76. The molecule has 2 rings (SSSR count). The Hall–Kier alpha value is -2.82. The molecule has 0 aliphatic rings. The number of carbonyl (C=O) groups excluding carboxylic acids is 1. The SMILES string of the molecule is COc1ccccc1COc1ccc(C(C)=O)c(C(=O)O)c1. The molecule has 2 aromatic rings. The number of methoxy groups -OCH3 is 1. The second-order valence-electron chi connectivity index (χ2n) is 4.67. The van der Waals surface area contributed by atoms with E-state index in [1.165, 1.54) is 19.1 Å². The third kappa shape index (κ3) is 3.44. The van der Waals surface area contributed by atoms with Crippen LogP contribution < -0.4 is 9.47 Å². The fourth-order valence-corrected chi connectivity index (χ4v) is 2.08. The van der Waals surface area contributed by atoms with Crippen LogP contribution in [0.15, 0.2) is 42.5 Å². The minimum absolute atomic E-state index is 0.0648. The minimum atomic E-state index is -1.16. The first-order valence-corrected chi connectivity index (χ1v) is 6.66. The van der Waals surface area contributed by atoms with Crippen molar-refractivity contribution in [3.8, 4) is 11.5 Å². The molecular weight excluding hydrogens is 284 g/mol. The van der Waals surface area contributed by atoms with E-state index in [0.29, 0.717) is 11.5 Å². The summed E-state index contributed by atoms with van der Waals surface area (Å²) < 4.78 is 10.8. The monoisotopic (exact) mass is 300 g/mol. The third-order valence-corrected chi connectivity index (χ3v) is 3.19. The summed E-state index contributed by atoms with van der Waals surface area (Å²) in [6.45, 7) is 1.57. The molecule has 0 aromatic heterocycles. The summed E-state index contributed by atoms with van der Waals surface area (Å²) in [6.07, 6.45) is 0. The first kappa shape index (κ1) is 15.6. The average molecular weight is 300 g/mol. The van der Waals surface area contributed by atoms with Crippen LogP contribution in [0.25, 0.3) is 0 Å². The molecule has 0 spiro atoms. The number of carboxylic acids is 1. The number of carboxylic acid groups (broad SMARTS) is 1. The van der Waals surface area contributed by atoms with Gasteiger partial charge >= 0.3 is 5.97 Å². The Balaban J connectivity index is 2.22. The number of carbonyl (C=O) groups is 2. The quantitative estimate of drug-likeness (QED) is 0.829. The summed E-state index contributed by atoms with van der Waals surface area (Å²) in [5, 5.41) is 9.18. The van der Waals surface area contributed by atoms with Gasteiger partial charge in [0.1, 0.15) is 18.1 Å². The molecule has 0 aliphatic carbocycles. The van der Waals surface area contributed by atoms with E-state index in [2.05, 4.69) is 0 Å². The Kier molecular flexibility index (Phi) is 4.78. The number of Topliss-reactive ketones (excluding diaryl/α,β-unsaturated/α-hetero) is 1. The molecule has 0 fully saturated rings. The lowest BCUT2D eigenvalue weighted by molar-refractivity contribution is 0.0691. The van der Waals surface area contributed by atoms with Gasteiger partial charge in [0.25, 0.3) is 0 Å². The van der Waals surface area contributed by atoms with Gasteiger partial charge in [-0.1, -0.05) is 18.2 Å². The van der Waals surface area contributed by atoms with Crippen LogP contribution in [0.2, 0.25) is 0 Å². The summed E-state index contributed by atoms with van der Waals surface area (Å²) >= 11 is 0. The van der Waals surface area contributed by atoms with Crippen molar-refractivity contribution >= 4 is 11.8 Å². The average Bonchev–Trinajstić information content (AvgIpc) is 2.52. The van der Waals surface area contributed by atoms with E-state index in [1.54, 1.807) is 13.2 Å². The van der Waals surface area contributed by atoms with Crippen LogP contribution >= 0.6 is 0 Å². The molecule has 0 aliphatic heterocycles. The van der Waals surface area contributed by atoms with Crippen LogP contribution in [0.1, 0.15) is 33.2 Å². The summed E-state index contributed by atoms with van der Waals surface area (Å²) in [6, 6.07) is 11.8. The molecule has 0 saturated carbocycles. The van der Waals surface area contributed by atoms with Crippen LogP contribution in [0.4, 0.5) is 0 Å². The van der Waals surface area contributed by atoms with Crippen LogP contribution in [-0.4, -0.2) is 24.0 Å². The maximum atomic E-state index is 11.4. The van der Waals surface area contributed by atoms with Crippen molar-refractivity contribution in [1.82, 2.24) is 0 Å². The molecule has 5 heteroatoms. The van der Waals surface area contributed by atoms with Crippen LogP contribution in [-0.2, 0) is 6.61 Å². The Labute approximate surface area is 128 Å². The van der Waals surface area contributed by atoms with Crippen molar-refractivity contribution in [2.75, 3.05) is 7.11 Å². The third-order valence-electron chi connectivity index (χ3n) is 3.19. The molecule has 0 bridgehead atoms. The summed E-state index contributed by atoms with van der Waals surface area (Å²) in [5.74, 6) is -0.378. The molecule has 5 nitrogen and oxygen atoms in total. The van der Waals surface area contributed by atoms with E-state index in [0.717, 1.165) is 5.56 Å². The molecule has 114 valence electrons. The normalized spacial score (nSPS) is 10.1. The Morgan fingerprint density at radius 3 is 2.45 bits per heavy atom. The van der Waals surface area contributed by atoms with Gasteiger partial charge in [0.2, 0.25) is 0 Å². The predicted octanol–water partition coefficient (Wildman–Crippen LogP) is 3.18. The molecule has 0 amide bonds. The summed E-state index contributed by atoms with van der Waals surface area (Å²) in [5.41, 5.74) is 0.944. The molecule has 0 unspecified atom stereocenters. The van der Waals surface area contributed by atoms with Gasteiger partial charge in [0, 0.05) is 11.1 Å². The van der Waals surface area contributed by atoms with Crippen molar-refractivity contribution in [3.63, 3.8) is 0 Å². The first-order valence-electron chi connectivity index (χ1n) is 6.66. The van der Waals surface area contributed by atoms with Crippen molar-refractivity contribution < 1.29 is 24.2 Å². The van der Waals surface area contributed by atoms with Crippen LogP contribution in [0.5, 0.6) is 11.5 Å². The Morgan fingerprint density at radius 2 is 1.82 bits per heavy atom. The largest absolute Gasteiger partial charge is 0.496 e. The van der Waals surface area contributed by atoms with E-state index in [4.69, 9.17) is 9.47 Å². The van der Waals surface area contributed by atoms with Crippen molar-refractivity contribution in [1.29, 1.82) is 0 Å². The highest BCUT2D eigenvalue weighted by atomic mass is 16.5. The molecule has 0 heterocycles. The number of hydrogen-bond donors (Lipinski definition) is 1. The van der Waals surface area contributed by atoms with Gasteiger partial charge in [-0.2, -0.15) is 0 Å². The first-order chi connectivity index (χ1) is 10.5. The van der Waals surface area contributed by atoms with E-state index in [1.807, 2.05) is 24.3 Å². The highest BCUT2D eigenvalue weighted by Gasteiger charge is 2.15. The highest BCUT2D eigenvalue weighted by molar-refractivity contribution is 6.05. The van der Waals surface area contributed by atoms with Gasteiger partial charge in [0.15, 0.2) is 5.78 Å². The molecule has 0 atom stereocenters. The number of hydrogen-bond acceptors (Lipinski definition) is 4. The molecule has 22 heavy (non-hydrogen) atoms. The smallest absolute Gasteiger partial charge is 0.336 e. The summed E-state index contributed by atoms with van der Waals surface area (Å²) in [7, 11) is 1.57. The number of rotatable bonds is 6. The maximum Gasteiger partial charge on any atom is 0.336 e. The lowest BCUT2D eigenvalue weighted by Crippen LogP contribution is -2.07. The number of ketones is 1.